The highest BCUT2D eigenvalue weighted by atomic mass is 19.2. The van der Waals surface area contributed by atoms with Crippen LogP contribution in [0.4, 0.5) is 8.78 Å². The first-order valence-electron chi connectivity index (χ1n) is 8.12. The first-order chi connectivity index (χ1) is 11.1. The average Bonchev–Trinajstić information content (AvgIpc) is 3.31. The summed E-state index contributed by atoms with van der Waals surface area (Å²) in [5.74, 6) is 0.415. The molecule has 0 radical (unpaired) electrons. The molecule has 124 valence electrons. The normalized spacial score (nSPS) is 15.8. The van der Waals surface area contributed by atoms with Crippen LogP contribution in [0, 0.1) is 11.6 Å². The molecule has 0 spiro atoms. The predicted octanol–water partition coefficient (Wildman–Crippen LogP) is 2.99. The summed E-state index contributed by atoms with van der Waals surface area (Å²) in [6.45, 7) is 2.34. The first kappa shape index (κ1) is 16.1. The van der Waals surface area contributed by atoms with E-state index in [-0.39, 0.29) is 0 Å². The topological polar surface area (TPSA) is 50.9 Å². The molecule has 0 saturated heterocycles. The minimum absolute atomic E-state index is 0.420. The number of aryl methyl sites for hydroxylation is 2. The Bertz CT molecular complexity index is 682. The molecule has 6 heteroatoms. The van der Waals surface area contributed by atoms with Gasteiger partial charge in [-0.05, 0) is 43.4 Å². The van der Waals surface area contributed by atoms with Crippen molar-refractivity contribution in [2.75, 3.05) is 0 Å². The van der Waals surface area contributed by atoms with Crippen LogP contribution in [0.15, 0.2) is 18.2 Å². The molecule has 0 aliphatic heterocycles. The molecule has 1 fully saturated rings. The summed E-state index contributed by atoms with van der Waals surface area (Å²) >= 11 is 0. The van der Waals surface area contributed by atoms with Gasteiger partial charge in [0, 0.05) is 12.3 Å². The lowest BCUT2D eigenvalue weighted by Gasteiger charge is -2.10. The summed E-state index contributed by atoms with van der Waals surface area (Å²) in [5, 5.41) is 14.4. The molecule has 1 N–H and O–H groups in total. The lowest BCUT2D eigenvalue weighted by atomic mass is 10.1. The molecule has 23 heavy (non-hydrogen) atoms. The highest BCUT2D eigenvalue weighted by Gasteiger charge is 2.29. The van der Waals surface area contributed by atoms with Crippen molar-refractivity contribution in [2.24, 2.45) is 0 Å². The number of hydrogen-bond acceptors (Lipinski definition) is 3. The molecule has 0 amide bonds. The van der Waals surface area contributed by atoms with Crippen molar-refractivity contribution in [1.29, 1.82) is 0 Å². The van der Waals surface area contributed by atoms with E-state index in [1.807, 2.05) is 6.92 Å². The van der Waals surface area contributed by atoms with Crippen LogP contribution in [-0.2, 0) is 19.4 Å². The van der Waals surface area contributed by atoms with Gasteiger partial charge in [-0.3, -0.25) is 0 Å². The van der Waals surface area contributed by atoms with E-state index in [1.54, 1.807) is 10.7 Å². The van der Waals surface area contributed by atoms with E-state index in [2.05, 4.69) is 10.1 Å². The van der Waals surface area contributed by atoms with E-state index in [9.17, 15) is 13.9 Å². The van der Waals surface area contributed by atoms with E-state index in [4.69, 9.17) is 0 Å². The van der Waals surface area contributed by atoms with Gasteiger partial charge in [-0.25, -0.2) is 18.4 Å². The van der Waals surface area contributed by atoms with Crippen LogP contribution >= 0.6 is 0 Å². The molecule has 1 aromatic heterocycles. The fraction of sp³-hybridized carbons (Fsp3) is 0.529. The number of aliphatic hydroxyl groups excluding tert-OH is 1. The minimum atomic E-state index is -0.834. The monoisotopic (exact) mass is 321 g/mol. The first-order valence-corrected chi connectivity index (χ1v) is 8.12. The molecule has 1 saturated carbocycles. The molecule has 1 aliphatic carbocycles. The third-order valence-electron chi connectivity index (χ3n) is 4.18. The summed E-state index contributed by atoms with van der Waals surface area (Å²) in [6.07, 6.45) is 3.57. The Kier molecular flexibility index (Phi) is 4.71. The van der Waals surface area contributed by atoms with Gasteiger partial charge in [-0.1, -0.05) is 13.0 Å². The number of aliphatic hydroxyl groups is 1. The Labute approximate surface area is 134 Å². The minimum Gasteiger partial charge on any atom is -0.391 e. The maximum Gasteiger partial charge on any atom is 0.159 e. The lowest BCUT2D eigenvalue weighted by molar-refractivity contribution is 0.143. The molecule has 1 unspecified atom stereocenters. The molecule has 1 aliphatic rings. The second-order valence-electron chi connectivity index (χ2n) is 6.15. The summed E-state index contributed by atoms with van der Waals surface area (Å²) in [5.41, 5.74) is 0.725. The average molecular weight is 321 g/mol. The zero-order valence-electron chi connectivity index (χ0n) is 13.2. The summed E-state index contributed by atoms with van der Waals surface area (Å²) in [7, 11) is 0. The van der Waals surface area contributed by atoms with Crippen molar-refractivity contribution in [2.45, 2.75) is 57.6 Å². The zero-order chi connectivity index (χ0) is 16.4. The van der Waals surface area contributed by atoms with Gasteiger partial charge in [0.25, 0.3) is 0 Å². The Hall–Kier alpha value is -1.82. The highest BCUT2D eigenvalue weighted by molar-refractivity contribution is 5.19. The largest absolute Gasteiger partial charge is 0.391 e. The van der Waals surface area contributed by atoms with Crippen molar-refractivity contribution in [3.63, 3.8) is 0 Å². The molecular weight excluding hydrogens is 300 g/mol. The second-order valence-corrected chi connectivity index (χ2v) is 6.15. The van der Waals surface area contributed by atoms with Crippen LogP contribution in [0.1, 0.15) is 49.3 Å². The van der Waals surface area contributed by atoms with E-state index in [0.717, 1.165) is 36.1 Å². The standard InChI is InChI=1S/C17H21F2N3O/c1-2-13(23)10-22-16(20-17(21-22)12-5-6-12)8-4-11-3-7-14(18)15(19)9-11/h3,7,9,12-13,23H,2,4-6,8,10H2,1H3. The Morgan fingerprint density at radius 3 is 2.70 bits per heavy atom. The zero-order valence-corrected chi connectivity index (χ0v) is 13.2. The van der Waals surface area contributed by atoms with Crippen LogP contribution in [0.3, 0.4) is 0 Å². The van der Waals surface area contributed by atoms with Crippen LogP contribution < -0.4 is 0 Å². The van der Waals surface area contributed by atoms with Gasteiger partial charge >= 0.3 is 0 Å². The van der Waals surface area contributed by atoms with Crippen LogP contribution in [0.2, 0.25) is 0 Å². The molecule has 1 aromatic carbocycles. The molecule has 1 atom stereocenters. The fourth-order valence-corrected chi connectivity index (χ4v) is 2.52. The molecule has 2 aromatic rings. The van der Waals surface area contributed by atoms with E-state index in [0.29, 0.717) is 31.7 Å². The van der Waals surface area contributed by atoms with Gasteiger partial charge in [0.2, 0.25) is 0 Å². The quantitative estimate of drug-likeness (QED) is 0.853. The maximum atomic E-state index is 13.3. The summed E-state index contributed by atoms with van der Waals surface area (Å²) in [4.78, 5) is 4.59. The van der Waals surface area contributed by atoms with E-state index >= 15 is 0 Å². The van der Waals surface area contributed by atoms with E-state index < -0.39 is 17.7 Å². The molecule has 4 nitrogen and oxygen atoms in total. The Morgan fingerprint density at radius 1 is 1.26 bits per heavy atom. The number of aromatic nitrogens is 3. The number of halogens is 2. The molecular formula is C17H21F2N3O. The number of benzene rings is 1. The second kappa shape index (κ2) is 6.74. The third kappa shape index (κ3) is 3.93. The van der Waals surface area contributed by atoms with Crippen molar-refractivity contribution in [1.82, 2.24) is 14.8 Å². The summed E-state index contributed by atoms with van der Waals surface area (Å²) in [6, 6.07) is 3.95. The number of rotatable bonds is 7. The third-order valence-corrected chi connectivity index (χ3v) is 4.18. The number of nitrogens with zero attached hydrogens (tertiary/aromatic N) is 3. The van der Waals surface area contributed by atoms with Crippen molar-refractivity contribution < 1.29 is 13.9 Å². The van der Waals surface area contributed by atoms with Crippen LogP contribution in [-0.4, -0.2) is 26.0 Å². The van der Waals surface area contributed by atoms with E-state index in [1.165, 1.54) is 6.07 Å². The predicted molar refractivity (Wildman–Crippen MR) is 82.1 cm³/mol. The molecule has 1 heterocycles. The van der Waals surface area contributed by atoms with Crippen molar-refractivity contribution in [3.8, 4) is 0 Å². The lowest BCUT2D eigenvalue weighted by Crippen LogP contribution is -2.18. The van der Waals surface area contributed by atoms with Crippen LogP contribution in [0.25, 0.3) is 0 Å². The highest BCUT2D eigenvalue weighted by Crippen LogP contribution is 2.38. The number of hydrogen-bond donors (Lipinski definition) is 1. The van der Waals surface area contributed by atoms with Crippen molar-refractivity contribution in [3.05, 3.63) is 47.0 Å². The van der Waals surface area contributed by atoms with Gasteiger partial charge in [-0.15, -0.1) is 0 Å². The van der Waals surface area contributed by atoms with Gasteiger partial charge < -0.3 is 5.11 Å². The Balaban J connectivity index is 1.73. The van der Waals surface area contributed by atoms with Gasteiger partial charge in [0.1, 0.15) is 5.82 Å². The molecule has 0 bridgehead atoms. The fourth-order valence-electron chi connectivity index (χ4n) is 2.52. The molecule has 3 rings (SSSR count). The summed E-state index contributed by atoms with van der Waals surface area (Å²) < 4.78 is 28.0. The van der Waals surface area contributed by atoms with Gasteiger partial charge in [0.15, 0.2) is 17.5 Å². The van der Waals surface area contributed by atoms with Crippen molar-refractivity contribution >= 4 is 0 Å². The SMILES string of the molecule is CCC(O)Cn1nc(C2CC2)nc1CCc1ccc(F)c(F)c1. The van der Waals surface area contributed by atoms with Gasteiger partial charge in [0.05, 0.1) is 12.6 Å². The van der Waals surface area contributed by atoms with Crippen LogP contribution in [0.5, 0.6) is 0 Å². The maximum absolute atomic E-state index is 13.3. The smallest absolute Gasteiger partial charge is 0.159 e. The Morgan fingerprint density at radius 2 is 2.04 bits per heavy atom. The van der Waals surface area contributed by atoms with Gasteiger partial charge in [-0.2, -0.15) is 5.10 Å².